The van der Waals surface area contributed by atoms with E-state index >= 15 is 0 Å². The lowest BCUT2D eigenvalue weighted by Crippen LogP contribution is -2.13. The van der Waals surface area contributed by atoms with Crippen LogP contribution in [0.1, 0.15) is 24.2 Å². The van der Waals surface area contributed by atoms with Crippen LogP contribution >= 0.6 is 18.9 Å². The van der Waals surface area contributed by atoms with E-state index in [4.69, 9.17) is 9.47 Å². The molecule has 4 aromatic rings. The van der Waals surface area contributed by atoms with Gasteiger partial charge in [-0.1, -0.05) is 23.5 Å². The van der Waals surface area contributed by atoms with Crippen molar-refractivity contribution in [2.75, 3.05) is 11.6 Å². The minimum absolute atomic E-state index is 0.114. The Labute approximate surface area is 228 Å². The van der Waals surface area contributed by atoms with Gasteiger partial charge in [0.2, 0.25) is 5.13 Å². The second-order valence-corrected chi connectivity index (χ2v) is 13.3. The summed E-state index contributed by atoms with van der Waals surface area (Å²) in [6, 6.07) is 16.2. The summed E-state index contributed by atoms with van der Waals surface area (Å²) in [5, 5.41) is 11.3. The summed E-state index contributed by atoms with van der Waals surface area (Å²) in [4.78, 5) is 31.8. The van der Waals surface area contributed by atoms with Gasteiger partial charge in [-0.15, -0.1) is 10.2 Å². The lowest BCUT2D eigenvalue weighted by Gasteiger charge is -2.14. The zero-order valence-corrected chi connectivity index (χ0v) is 23.5. The summed E-state index contributed by atoms with van der Waals surface area (Å²) in [6.07, 6.45) is 0.941. The van der Waals surface area contributed by atoms with Crippen LogP contribution in [-0.2, 0) is 14.4 Å². The van der Waals surface area contributed by atoms with E-state index in [-0.39, 0.29) is 27.0 Å². The number of ether oxygens (including phenoxy) is 2. The van der Waals surface area contributed by atoms with Gasteiger partial charge in [0.1, 0.15) is 22.3 Å². The van der Waals surface area contributed by atoms with E-state index in [0.717, 1.165) is 17.6 Å². The van der Waals surface area contributed by atoms with Crippen LogP contribution in [0.5, 0.6) is 17.2 Å². The molecule has 0 saturated carbocycles. The molecule has 0 aliphatic carbocycles. The van der Waals surface area contributed by atoms with E-state index in [1.54, 1.807) is 12.1 Å². The molecule has 0 bridgehead atoms. The SMILES string of the molecule is CC(C)Oc1cc(Oc2ccc(S(C)(=O)=O)cc2)cc(C(=O)Nc2nnc(-c3ccc(P(=O)(O)O)cc3)s2)c1. The molecule has 0 fully saturated rings. The molecule has 3 aromatic carbocycles. The van der Waals surface area contributed by atoms with Crippen molar-refractivity contribution >= 4 is 45.1 Å². The maximum absolute atomic E-state index is 13.1. The first-order valence-electron chi connectivity index (χ1n) is 11.4. The largest absolute Gasteiger partial charge is 0.491 e. The first-order chi connectivity index (χ1) is 18.3. The Bertz CT molecular complexity index is 1650. The van der Waals surface area contributed by atoms with E-state index in [2.05, 4.69) is 15.5 Å². The smallest absolute Gasteiger partial charge is 0.356 e. The summed E-state index contributed by atoms with van der Waals surface area (Å²) in [7, 11) is -7.71. The zero-order valence-electron chi connectivity index (χ0n) is 20.9. The van der Waals surface area contributed by atoms with Gasteiger partial charge in [-0.25, -0.2) is 8.42 Å². The van der Waals surface area contributed by atoms with Crippen molar-refractivity contribution in [1.29, 1.82) is 0 Å². The summed E-state index contributed by atoms with van der Waals surface area (Å²) in [5.41, 5.74) is 0.800. The highest BCUT2D eigenvalue weighted by Gasteiger charge is 2.18. The Balaban J connectivity index is 1.54. The minimum atomic E-state index is -4.36. The number of carbonyl (C=O) groups is 1. The van der Waals surface area contributed by atoms with Crippen LogP contribution in [0.2, 0.25) is 0 Å². The Morgan fingerprint density at radius 3 is 2.18 bits per heavy atom. The molecular formula is C25H24N3O8PS2. The van der Waals surface area contributed by atoms with E-state index < -0.39 is 23.3 Å². The van der Waals surface area contributed by atoms with Crippen LogP contribution in [0, 0.1) is 0 Å². The summed E-state index contributed by atoms with van der Waals surface area (Å²) >= 11 is 1.09. The van der Waals surface area contributed by atoms with Gasteiger partial charge in [-0.3, -0.25) is 14.7 Å². The summed E-state index contributed by atoms with van der Waals surface area (Å²) in [5.74, 6) is 0.562. The molecule has 0 unspecified atom stereocenters. The highest BCUT2D eigenvalue weighted by molar-refractivity contribution is 7.90. The third kappa shape index (κ3) is 7.49. The molecule has 39 heavy (non-hydrogen) atoms. The number of nitrogens with one attached hydrogen (secondary N) is 1. The molecule has 0 atom stereocenters. The first-order valence-corrected chi connectivity index (χ1v) is 15.7. The molecule has 14 heteroatoms. The standard InChI is InChI=1S/C25H24N3O8PS2/c1-15(2)35-19-12-17(13-20(14-19)36-18-6-10-22(11-7-18)39(3,33)34)23(29)26-25-28-27-24(38-25)16-4-8-21(9-5-16)37(30,31)32/h4-15H,1-3H3,(H,26,28,29)(H2,30,31,32). The maximum Gasteiger partial charge on any atom is 0.356 e. The molecule has 0 spiro atoms. The van der Waals surface area contributed by atoms with Crippen molar-refractivity contribution in [1.82, 2.24) is 10.2 Å². The molecular weight excluding hydrogens is 565 g/mol. The van der Waals surface area contributed by atoms with Crippen molar-refractivity contribution in [2.45, 2.75) is 24.8 Å². The third-order valence-electron chi connectivity index (χ3n) is 5.10. The van der Waals surface area contributed by atoms with Gasteiger partial charge >= 0.3 is 7.60 Å². The van der Waals surface area contributed by atoms with Crippen LogP contribution < -0.4 is 20.1 Å². The summed E-state index contributed by atoms with van der Waals surface area (Å²) < 4.78 is 46.4. The van der Waals surface area contributed by atoms with E-state index in [0.29, 0.717) is 27.8 Å². The number of hydrogen-bond donors (Lipinski definition) is 3. The molecule has 0 aliphatic heterocycles. The number of sulfone groups is 1. The Kier molecular flexibility index (Phi) is 8.19. The van der Waals surface area contributed by atoms with E-state index in [1.807, 2.05) is 13.8 Å². The number of aromatic nitrogens is 2. The number of benzene rings is 3. The van der Waals surface area contributed by atoms with Gasteiger partial charge in [0, 0.05) is 23.4 Å². The molecule has 3 N–H and O–H groups in total. The first kappa shape index (κ1) is 28.4. The van der Waals surface area contributed by atoms with Crippen LogP contribution in [0.3, 0.4) is 0 Å². The van der Waals surface area contributed by atoms with Gasteiger partial charge in [-0.05, 0) is 62.4 Å². The van der Waals surface area contributed by atoms with Gasteiger partial charge < -0.3 is 19.3 Å². The zero-order chi connectivity index (χ0) is 28.4. The normalized spacial score (nSPS) is 11.8. The van der Waals surface area contributed by atoms with Gasteiger partial charge in [-0.2, -0.15) is 0 Å². The van der Waals surface area contributed by atoms with Gasteiger partial charge in [0.15, 0.2) is 9.84 Å². The molecule has 0 radical (unpaired) electrons. The Morgan fingerprint density at radius 1 is 0.949 bits per heavy atom. The van der Waals surface area contributed by atoms with Gasteiger partial charge in [0.05, 0.1) is 16.3 Å². The highest BCUT2D eigenvalue weighted by Crippen LogP contribution is 2.35. The number of nitrogens with zero attached hydrogens (tertiary/aromatic N) is 2. The number of rotatable bonds is 9. The van der Waals surface area contributed by atoms with Crippen LogP contribution in [0.15, 0.2) is 71.6 Å². The Hall–Kier alpha value is -3.61. The summed E-state index contributed by atoms with van der Waals surface area (Å²) in [6.45, 7) is 3.68. The fourth-order valence-corrected chi connectivity index (χ4v) is 5.26. The number of amides is 1. The maximum atomic E-state index is 13.1. The molecule has 0 saturated heterocycles. The quantitative estimate of drug-likeness (QED) is 0.240. The minimum Gasteiger partial charge on any atom is -0.491 e. The van der Waals surface area contributed by atoms with Crippen LogP contribution in [0.4, 0.5) is 5.13 Å². The molecule has 1 amide bonds. The predicted octanol–water partition coefficient (Wildman–Crippen LogP) is 4.24. The molecule has 11 nitrogen and oxygen atoms in total. The van der Waals surface area contributed by atoms with Crippen molar-refractivity contribution < 1.29 is 37.0 Å². The topological polar surface area (TPSA) is 165 Å². The lowest BCUT2D eigenvalue weighted by molar-refractivity contribution is 0.102. The Morgan fingerprint density at radius 2 is 1.59 bits per heavy atom. The number of hydrogen-bond acceptors (Lipinski definition) is 9. The second-order valence-electron chi connectivity index (χ2n) is 8.66. The average molecular weight is 590 g/mol. The van der Waals surface area contributed by atoms with Gasteiger partial charge in [0.25, 0.3) is 5.91 Å². The fourth-order valence-electron chi connectivity index (χ4n) is 3.35. The van der Waals surface area contributed by atoms with E-state index in [1.165, 1.54) is 54.6 Å². The van der Waals surface area contributed by atoms with Crippen LogP contribution in [0.25, 0.3) is 10.6 Å². The fraction of sp³-hybridized carbons (Fsp3) is 0.160. The molecule has 1 aromatic heterocycles. The van der Waals surface area contributed by atoms with Crippen molar-refractivity contribution in [3.8, 4) is 27.8 Å². The third-order valence-corrected chi connectivity index (χ3v) is 8.08. The average Bonchev–Trinajstić information content (AvgIpc) is 3.31. The van der Waals surface area contributed by atoms with E-state index in [9.17, 15) is 27.6 Å². The van der Waals surface area contributed by atoms with Crippen LogP contribution in [-0.4, -0.2) is 46.7 Å². The van der Waals surface area contributed by atoms with Crippen molar-refractivity contribution in [3.63, 3.8) is 0 Å². The molecule has 204 valence electrons. The molecule has 4 rings (SSSR count). The monoisotopic (exact) mass is 589 g/mol. The highest BCUT2D eigenvalue weighted by atomic mass is 32.2. The van der Waals surface area contributed by atoms with Crippen molar-refractivity contribution in [3.05, 3.63) is 72.3 Å². The number of carbonyl (C=O) groups excluding carboxylic acids is 1. The van der Waals surface area contributed by atoms with Crippen molar-refractivity contribution in [2.24, 2.45) is 0 Å². The second kappa shape index (κ2) is 11.2. The predicted molar refractivity (Wildman–Crippen MR) is 147 cm³/mol. The number of anilines is 1. The molecule has 0 aliphatic rings. The lowest BCUT2D eigenvalue weighted by atomic mass is 10.2. The molecule has 1 heterocycles.